The van der Waals surface area contributed by atoms with Crippen molar-refractivity contribution in [2.45, 2.75) is 26.8 Å². The highest BCUT2D eigenvalue weighted by Crippen LogP contribution is 2.20. The van der Waals surface area contributed by atoms with Gasteiger partial charge in [-0.15, -0.1) is 0 Å². The molecule has 0 aliphatic rings. The Balaban J connectivity index is 1.94. The molecule has 0 spiro atoms. The molecule has 0 saturated heterocycles. The van der Waals surface area contributed by atoms with E-state index in [9.17, 15) is 4.79 Å². The molecule has 1 unspecified atom stereocenters. The van der Waals surface area contributed by atoms with E-state index in [1.165, 1.54) is 0 Å². The van der Waals surface area contributed by atoms with Gasteiger partial charge in [0, 0.05) is 0 Å². The lowest BCUT2D eigenvalue weighted by Gasteiger charge is -2.29. The molecular weight excluding hydrogens is 312 g/mol. The molecule has 4 heteroatoms. The van der Waals surface area contributed by atoms with Crippen LogP contribution in [0.1, 0.15) is 31.0 Å². The number of nitrogens with zero attached hydrogens (tertiary/aromatic N) is 1. The van der Waals surface area contributed by atoms with Gasteiger partial charge in [0.2, 0.25) is 5.91 Å². The Morgan fingerprint density at radius 2 is 1.68 bits per heavy atom. The van der Waals surface area contributed by atoms with Crippen LogP contribution in [0.5, 0.6) is 5.75 Å². The van der Waals surface area contributed by atoms with Gasteiger partial charge in [-0.2, -0.15) is 0 Å². The van der Waals surface area contributed by atoms with Gasteiger partial charge in [0.25, 0.3) is 0 Å². The monoisotopic (exact) mass is 340 g/mol. The second-order valence-corrected chi connectivity index (χ2v) is 5.94. The fraction of sp³-hybridized carbons (Fsp3) is 0.381. The van der Waals surface area contributed by atoms with Gasteiger partial charge in [0.05, 0.1) is 6.54 Å². The number of hydrogen-bond acceptors (Lipinski definition) is 3. The Morgan fingerprint density at radius 1 is 1.04 bits per heavy atom. The van der Waals surface area contributed by atoms with E-state index in [1.54, 1.807) is 0 Å². The van der Waals surface area contributed by atoms with E-state index < -0.39 is 0 Å². The third-order valence-corrected chi connectivity index (χ3v) is 4.29. The summed E-state index contributed by atoms with van der Waals surface area (Å²) in [6.45, 7) is 8.75. The third kappa shape index (κ3) is 5.33. The smallest absolute Gasteiger partial charge is 0.242 e. The molecule has 1 amide bonds. The highest BCUT2D eigenvalue weighted by Gasteiger charge is 2.25. The van der Waals surface area contributed by atoms with Crippen molar-refractivity contribution in [3.63, 3.8) is 0 Å². The molecule has 0 fully saturated rings. The standard InChI is InChI=1S/C21H28N2O2/c1-4-23(5-2)20(18-12-7-6-8-13-18)21(24)22-15-16-25-19-14-10-9-11-17(19)3/h6-14,20H,4-5,15-16H2,1-3H3,(H,22,24). The quantitative estimate of drug-likeness (QED) is 0.710. The highest BCUT2D eigenvalue weighted by molar-refractivity contribution is 5.83. The molecule has 4 nitrogen and oxygen atoms in total. The van der Waals surface area contributed by atoms with Gasteiger partial charge in [0.1, 0.15) is 18.4 Å². The number of hydrogen-bond donors (Lipinski definition) is 1. The van der Waals surface area contributed by atoms with E-state index in [0.717, 1.165) is 30.0 Å². The Morgan fingerprint density at radius 3 is 2.32 bits per heavy atom. The van der Waals surface area contributed by atoms with Crippen LogP contribution in [-0.2, 0) is 4.79 Å². The topological polar surface area (TPSA) is 41.6 Å². The van der Waals surface area contributed by atoms with Crippen LogP contribution in [0.25, 0.3) is 0 Å². The molecule has 0 radical (unpaired) electrons. The van der Waals surface area contributed by atoms with Crippen molar-refractivity contribution < 1.29 is 9.53 Å². The molecule has 1 atom stereocenters. The molecular formula is C21H28N2O2. The Labute approximate surface area is 150 Å². The summed E-state index contributed by atoms with van der Waals surface area (Å²) in [7, 11) is 0. The summed E-state index contributed by atoms with van der Waals surface area (Å²) in [5.74, 6) is 0.878. The van der Waals surface area contributed by atoms with Crippen LogP contribution in [0.15, 0.2) is 54.6 Å². The van der Waals surface area contributed by atoms with Crippen molar-refractivity contribution in [1.82, 2.24) is 10.2 Å². The van der Waals surface area contributed by atoms with E-state index in [2.05, 4.69) is 24.1 Å². The number of ether oxygens (including phenoxy) is 1. The summed E-state index contributed by atoms with van der Waals surface area (Å²) in [6, 6.07) is 17.6. The molecule has 2 aromatic rings. The van der Waals surface area contributed by atoms with Gasteiger partial charge in [-0.3, -0.25) is 9.69 Å². The molecule has 0 aromatic heterocycles. The molecule has 0 heterocycles. The van der Waals surface area contributed by atoms with Crippen LogP contribution < -0.4 is 10.1 Å². The number of benzene rings is 2. The Kier molecular flexibility index (Phi) is 7.48. The molecule has 0 bridgehead atoms. The maximum absolute atomic E-state index is 12.8. The van der Waals surface area contributed by atoms with Crippen molar-refractivity contribution >= 4 is 5.91 Å². The maximum atomic E-state index is 12.8. The minimum atomic E-state index is -0.269. The Hall–Kier alpha value is -2.33. The average Bonchev–Trinajstić information content (AvgIpc) is 2.65. The zero-order valence-electron chi connectivity index (χ0n) is 15.4. The van der Waals surface area contributed by atoms with Crippen molar-refractivity contribution in [1.29, 1.82) is 0 Å². The van der Waals surface area contributed by atoms with Crippen molar-refractivity contribution in [3.05, 3.63) is 65.7 Å². The Bertz CT molecular complexity index is 654. The van der Waals surface area contributed by atoms with Gasteiger partial charge in [-0.25, -0.2) is 0 Å². The number of carbonyl (C=O) groups is 1. The number of amides is 1. The normalized spacial score (nSPS) is 12.0. The summed E-state index contributed by atoms with van der Waals surface area (Å²) in [5, 5.41) is 3.01. The predicted molar refractivity (Wildman–Crippen MR) is 102 cm³/mol. The van der Waals surface area contributed by atoms with Gasteiger partial charge in [0.15, 0.2) is 0 Å². The SMILES string of the molecule is CCN(CC)C(C(=O)NCCOc1ccccc1C)c1ccccc1. The molecule has 2 rings (SSSR count). The minimum Gasteiger partial charge on any atom is -0.491 e. The van der Waals surface area contributed by atoms with Gasteiger partial charge >= 0.3 is 0 Å². The van der Waals surface area contributed by atoms with Gasteiger partial charge in [-0.05, 0) is 37.2 Å². The van der Waals surface area contributed by atoms with Crippen LogP contribution in [-0.4, -0.2) is 37.0 Å². The van der Waals surface area contributed by atoms with E-state index in [4.69, 9.17) is 4.74 Å². The molecule has 25 heavy (non-hydrogen) atoms. The second kappa shape index (κ2) is 9.84. The third-order valence-electron chi connectivity index (χ3n) is 4.29. The summed E-state index contributed by atoms with van der Waals surface area (Å²) in [4.78, 5) is 14.9. The van der Waals surface area contributed by atoms with Crippen LogP contribution in [0.3, 0.4) is 0 Å². The number of nitrogens with one attached hydrogen (secondary N) is 1. The van der Waals surface area contributed by atoms with Crippen LogP contribution in [0.4, 0.5) is 0 Å². The van der Waals surface area contributed by atoms with Crippen LogP contribution in [0.2, 0.25) is 0 Å². The number of para-hydroxylation sites is 1. The maximum Gasteiger partial charge on any atom is 0.242 e. The van der Waals surface area contributed by atoms with E-state index in [-0.39, 0.29) is 11.9 Å². The summed E-state index contributed by atoms with van der Waals surface area (Å²) >= 11 is 0. The molecule has 0 aliphatic heterocycles. The second-order valence-electron chi connectivity index (χ2n) is 5.94. The van der Waals surface area contributed by atoms with Crippen molar-refractivity contribution in [2.24, 2.45) is 0 Å². The number of likely N-dealkylation sites (N-methyl/N-ethyl adjacent to an activating group) is 1. The van der Waals surface area contributed by atoms with Gasteiger partial charge in [-0.1, -0.05) is 62.4 Å². The fourth-order valence-corrected chi connectivity index (χ4v) is 2.90. The highest BCUT2D eigenvalue weighted by atomic mass is 16.5. The predicted octanol–water partition coefficient (Wildman–Crippen LogP) is 3.57. The number of aryl methyl sites for hydroxylation is 1. The molecule has 1 N–H and O–H groups in total. The lowest BCUT2D eigenvalue weighted by Crippen LogP contribution is -2.41. The van der Waals surface area contributed by atoms with Crippen LogP contribution in [0, 0.1) is 6.92 Å². The molecule has 134 valence electrons. The first kappa shape index (κ1) is 19.0. The molecule has 0 aliphatic carbocycles. The lowest BCUT2D eigenvalue weighted by molar-refractivity contribution is -0.126. The number of rotatable bonds is 9. The lowest BCUT2D eigenvalue weighted by atomic mass is 10.0. The summed E-state index contributed by atoms with van der Waals surface area (Å²) < 4.78 is 5.76. The zero-order valence-corrected chi connectivity index (χ0v) is 15.4. The van der Waals surface area contributed by atoms with E-state index in [0.29, 0.717) is 13.2 Å². The minimum absolute atomic E-state index is 0.0169. The van der Waals surface area contributed by atoms with Crippen molar-refractivity contribution in [3.8, 4) is 5.75 Å². The summed E-state index contributed by atoms with van der Waals surface area (Å²) in [5.41, 5.74) is 2.11. The zero-order chi connectivity index (χ0) is 18.1. The first-order valence-electron chi connectivity index (χ1n) is 8.92. The van der Waals surface area contributed by atoms with E-state index >= 15 is 0 Å². The largest absolute Gasteiger partial charge is 0.491 e. The van der Waals surface area contributed by atoms with Crippen LogP contribution >= 0.6 is 0 Å². The number of carbonyl (C=O) groups excluding carboxylic acids is 1. The fourth-order valence-electron chi connectivity index (χ4n) is 2.90. The summed E-state index contributed by atoms with van der Waals surface area (Å²) in [6.07, 6.45) is 0. The average molecular weight is 340 g/mol. The molecule has 0 saturated carbocycles. The first-order valence-corrected chi connectivity index (χ1v) is 8.92. The molecule has 2 aromatic carbocycles. The first-order chi connectivity index (χ1) is 12.2. The van der Waals surface area contributed by atoms with Gasteiger partial charge < -0.3 is 10.1 Å². The van der Waals surface area contributed by atoms with Crippen molar-refractivity contribution in [2.75, 3.05) is 26.2 Å². The van der Waals surface area contributed by atoms with E-state index in [1.807, 2.05) is 61.5 Å².